The first-order valence-corrected chi connectivity index (χ1v) is 7.41. The van der Waals surface area contributed by atoms with Crippen molar-refractivity contribution >= 4 is 17.3 Å². The van der Waals surface area contributed by atoms with Crippen LogP contribution in [-0.4, -0.2) is 31.9 Å². The Morgan fingerprint density at radius 1 is 0.846 bits per heavy atom. The van der Waals surface area contributed by atoms with Crippen molar-refractivity contribution in [2.45, 2.75) is 32.7 Å². The molecule has 9 nitrogen and oxygen atoms in total. The predicted molar refractivity (Wildman–Crippen MR) is 94.0 cm³/mol. The van der Waals surface area contributed by atoms with Crippen molar-refractivity contribution in [1.82, 2.24) is 14.5 Å². The number of carbonyl (C=O) groups excluding carboxylic acids is 3. The van der Waals surface area contributed by atoms with Gasteiger partial charge >= 0.3 is 17.1 Å². The van der Waals surface area contributed by atoms with Crippen molar-refractivity contribution in [2.24, 2.45) is 0 Å². The van der Waals surface area contributed by atoms with Gasteiger partial charge in [-0.05, 0) is 37.5 Å². The molecule has 1 rings (SSSR count). The smallest absolute Gasteiger partial charge is 0.294 e. The highest BCUT2D eigenvalue weighted by Gasteiger charge is 2.51. The molecule has 0 radical (unpaired) electrons. The lowest BCUT2D eigenvalue weighted by molar-refractivity contribution is -0.139. The van der Waals surface area contributed by atoms with Crippen LogP contribution in [0.4, 0.5) is 0 Å². The van der Waals surface area contributed by atoms with Crippen LogP contribution in [0.1, 0.15) is 27.2 Å². The second-order valence-electron chi connectivity index (χ2n) is 5.98. The van der Waals surface area contributed by atoms with E-state index in [4.69, 9.17) is 0 Å². The summed E-state index contributed by atoms with van der Waals surface area (Å²) < 4.78 is 0.225. The van der Waals surface area contributed by atoms with Crippen LogP contribution in [-0.2, 0) is 19.9 Å². The van der Waals surface area contributed by atoms with Crippen LogP contribution < -0.4 is 17.1 Å². The molecule has 0 saturated carbocycles. The molecule has 2 N–H and O–H groups in total. The maximum atomic E-state index is 12.9. The minimum absolute atomic E-state index is 0.00677. The number of carbonyl (C=O) groups is 3. The molecule has 0 fully saturated rings. The Morgan fingerprint density at radius 3 is 1.54 bits per heavy atom. The van der Waals surface area contributed by atoms with E-state index in [2.05, 4.69) is 19.7 Å². The lowest BCUT2D eigenvalue weighted by atomic mass is 9.78. The SMILES string of the molecule is C=C(C)C(=O)CC(C(=O)C(=C)C)(C(=O)C(=C)C)n1c(=O)[nH]c(=O)[nH]c1=O. The number of aromatic nitrogens is 3. The Bertz CT molecular complexity index is 958. The van der Waals surface area contributed by atoms with Crippen LogP contribution in [0.25, 0.3) is 0 Å². The van der Waals surface area contributed by atoms with Crippen LogP contribution in [0.15, 0.2) is 50.8 Å². The second-order valence-corrected chi connectivity index (χ2v) is 5.98. The number of hydrogen-bond acceptors (Lipinski definition) is 6. The highest BCUT2D eigenvalue weighted by molar-refractivity contribution is 6.22. The van der Waals surface area contributed by atoms with E-state index >= 15 is 0 Å². The molecule has 1 aromatic rings. The van der Waals surface area contributed by atoms with E-state index in [1.165, 1.54) is 20.8 Å². The molecule has 0 aliphatic carbocycles. The molecule has 0 unspecified atom stereocenters. The van der Waals surface area contributed by atoms with Crippen LogP contribution >= 0.6 is 0 Å². The molecule has 0 aromatic carbocycles. The van der Waals surface area contributed by atoms with Crippen LogP contribution in [0.3, 0.4) is 0 Å². The number of Topliss-reactive ketones (excluding diaryl/α,β-unsaturated/α-hetero) is 3. The van der Waals surface area contributed by atoms with Gasteiger partial charge in [-0.15, -0.1) is 0 Å². The molecule has 0 saturated heterocycles. The lowest BCUT2D eigenvalue weighted by Crippen LogP contribution is -2.61. The molecule has 0 atom stereocenters. The minimum atomic E-state index is -2.57. The monoisotopic (exact) mass is 361 g/mol. The molecule has 1 heterocycles. The van der Waals surface area contributed by atoms with Gasteiger partial charge in [0.15, 0.2) is 22.9 Å². The Hall–Kier alpha value is -3.36. The maximum absolute atomic E-state index is 12.9. The summed E-state index contributed by atoms with van der Waals surface area (Å²) in [6.45, 7) is 14.2. The van der Waals surface area contributed by atoms with Gasteiger partial charge in [0, 0.05) is 6.42 Å². The Morgan fingerprint density at radius 2 is 1.23 bits per heavy atom. The Balaban J connectivity index is 4.12. The van der Waals surface area contributed by atoms with Gasteiger partial charge in [-0.2, -0.15) is 0 Å². The summed E-state index contributed by atoms with van der Waals surface area (Å²) in [7, 11) is 0. The van der Waals surface area contributed by atoms with Gasteiger partial charge in [0.2, 0.25) is 0 Å². The topological polar surface area (TPSA) is 139 Å². The summed E-state index contributed by atoms with van der Waals surface area (Å²) in [5.41, 5.74) is -6.68. The third-order valence-electron chi connectivity index (χ3n) is 3.65. The van der Waals surface area contributed by atoms with Crippen molar-refractivity contribution in [1.29, 1.82) is 0 Å². The highest BCUT2D eigenvalue weighted by atomic mass is 16.2. The summed E-state index contributed by atoms with van der Waals surface area (Å²) in [5.74, 6) is -2.79. The average Bonchev–Trinajstić information content (AvgIpc) is 2.50. The first kappa shape index (κ1) is 20.7. The summed E-state index contributed by atoms with van der Waals surface area (Å²) >= 11 is 0. The summed E-state index contributed by atoms with van der Waals surface area (Å²) in [5, 5.41) is 0. The standard InChI is InChI=1S/C17H19N3O6/c1-8(2)11(21)7-17(12(22)9(3)4,13(23)10(5)6)20-15(25)18-14(24)19-16(20)26/h1,3,5,7H2,2,4,6H3,(H2,18,19,24,25,26). The highest BCUT2D eigenvalue weighted by Crippen LogP contribution is 2.28. The number of H-pyrrole nitrogens is 2. The van der Waals surface area contributed by atoms with Crippen LogP contribution in [0.2, 0.25) is 0 Å². The molecule has 0 aliphatic heterocycles. The molecule has 138 valence electrons. The molecular formula is C17H19N3O6. The molecule has 26 heavy (non-hydrogen) atoms. The minimum Gasteiger partial charge on any atom is -0.294 e. The van der Waals surface area contributed by atoms with E-state index in [9.17, 15) is 28.8 Å². The number of allylic oxidation sites excluding steroid dienone is 3. The molecule has 1 aromatic heterocycles. The fraction of sp³-hybridized carbons (Fsp3) is 0.294. The zero-order valence-corrected chi connectivity index (χ0v) is 14.7. The molecule has 0 spiro atoms. The maximum Gasteiger partial charge on any atom is 0.334 e. The van der Waals surface area contributed by atoms with Crippen LogP contribution in [0, 0.1) is 0 Å². The van der Waals surface area contributed by atoms with E-state index in [-0.39, 0.29) is 21.3 Å². The molecule has 0 bridgehead atoms. The fourth-order valence-electron chi connectivity index (χ4n) is 2.41. The van der Waals surface area contributed by atoms with E-state index in [1.54, 1.807) is 9.97 Å². The zero-order valence-electron chi connectivity index (χ0n) is 14.7. The number of nitrogens with zero attached hydrogens (tertiary/aromatic N) is 1. The first-order chi connectivity index (χ1) is 11.9. The van der Waals surface area contributed by atoms with Gasteiger partial charge in [0.05, 0.1) is 0 Å². The lowest BCUT2D eigenvalue weighted by Gasteiger charge is -2.31. The predicted octanol–water partition coefficient (Wildman–Crippen LogP) is -0.254. The van der Waals surface area contributed by atoms with Gasteiger partial charge in [0.25, 0.3) is 0 Å². The summed E-state index contributed by atoms with van der Waals surface area (Å²) in [4.78, 5) is 77.6. The van der Waals surface area contributed by atoms with Crippen molar-refractivity contribution < 1.29 is 14.4 Å². The van der Waals surface area contributed by atoms with Crippen molar-refractivity contribution in [3.05, 3.63) is 67.9 Å². The number of aromatic amines is 2. The van der Waals surface area contributed by atoms with Gasteiger partial charge in [-0.1, -0.05) is 19.7 Å². The number of hydrogen-bond donors (Lipinski definition) is 2. The van der Waals surface area contributed by atoms with Crippen LogP contribution in [0.5, 0.6) is 0 Å². The van der Waals surface area contributed by atoms with Crippen molar-refractivity contribution in [2.75, 3.05) is 0 Å². The first-order valence-electron chi connectivity index (χ1n) is 7.41. The molecule has 0 amide bonds. The molecule has 0 aliphatic rings. The third-order valence-corrected chi connectivity index (χ3v) is 3.65. The van der Waals surface area contributed by atoms with Crippen molar-refractivity contribution in [3.8, 4) is 0 Å². The quantitative estimate of drug-likeness (QED) is 0.483. The van der Waals surface area contributed by atoms with E-state index in [0.717, 1.165) is 0 Å². The largest absolute Gasteiger partial charge is 0.334 e. The van der Waals surface area contributed by atoms with Crippen molar-refractivity contribution in [3.63, 3.8) is 0 Å². The number of nitrogens with one attached hydrogen (secondary N) is 2. The van der Waals surface area contributed by atoms with E-state index in [1.807, 2.05) is 0 Å². The van der Waals surface area contributed by atoms with Gasteiger partial charge in [-0.3, -0.25) is 24.4 Å². The molecular weight excluding hydrogens is 342 g/mol. The summed E-state index contributed by atoms with van der Waals surface area (Å²) in [6.07, 6.45) is -0.852. The van der Waals surface area contributed by atoms with Gasteiger partial charge < -0.3 is 0 Å². The number of rotatable bonds is 8. The second kappa shape index (κ2) is 7.26. The average molecular weight is 361 g/mol. The van der Waals surface area contributed by atoms with Gasteiger partial charge in [0.1, 0.15) is 0 Å². The Labute approximate surface area is 147 Å². The zero-order chi connectivity index (χ0) is 20.4. The Kier molecular flexibility index (Phi) is 5.77. The normalized spacial score (nSPS) is 10.9. The number of ketones is 3. The third kappa shape index (κ3) is 3.51. The van der Waals surface area contributed by atoms with E-state index in [0.29, 0.717) is 0 Å². The van der Waals surface area contributed by atoms with Gasteiger partial charge in [-0.25, -0.2) is 19.0 Å². The fourth-order valence-corrected chi connectivity index (χ4v) is 2.41. The van der Waals surface area contributed by atoms with E-state index < -0.39 is 46.4 Å². The summed E-state index contributed by atoms with van der Waals surface area (Å²) in [6, 6.07) is 0. The molecule has 9 heteroatoms.